The molecule has 2 nitrogen and oxygen atoms in total. The predicted molar refractivity (Wildman–Crippen MR) is 85.6 cm³/mol. The van der Waals surface area contributed by atoms with Gasteiger partial charge in [0.15, 0.2) is 0 Å². The first-order valence-corrected chi connectivity index (χ1v) is 7.31. The van der Waals surface area contributed by atoms with Gasteiger partial charge in [-0.3, -0.25) is 4.79 Å². The Morgan fingerprint density at radius 3 is 3.05 bits per heavy atom. The number of anilines is 1. The largest absolute Gasteiger partial charge is 0.321 e. The lowest BCUT2D eigenvalue weighted by Crippen LogP contribution is -2.04. The van der Waals surface area contributed by atoms with Crippen LogP contribution in [-0.2, 0) is 4.79 Å². The lowest BCUT2D eigenvalue weighted by Gasteiger charge is -2.08. The number of hydrogen-bond donors (Lipinski definition) is 1. The first kappa shape index (κ1) is 13.0. The molecule has 1 unspecified atom stereocenters. The highest BCUT2D eigenvalue weighted by Crippen LogP contribution is 2.38. The molecule has 1 aromatic rings. The van der Waals surface area contributed by atoms with Gasteiger partial charge in [-0.2, -0.15) is 0 Å². The highest BCUT2D eigenvalue weighted by molar-refractivity contribution is 6.32. The van der Waals surface area contributed by atoms with E-state index in [0.29, 0.717) is 22.7 Å². The van der Waals surface area contributed by atoms with Gasteiger partial charge in [0.2, 0.25) is 0 Å². The summed E-state index contributed by atoms with van der Waals surface area (Å²) in [6.07, 6.45) is 15.2. The van der Waals surface area contributed by atoms with Crippen LogP contribution in [0.15, 0.2) is 71.9 Å². The third-order valence-corrected chi connectivity index (χ3v) is 4.23. The molecule has 0 saturated heterocycles. The van der Waals surface area contributed by atoms with Gasteiger partial charge in [-0.25, -0.2) is 4.39 Å². The van der Waals surface area contributed by atoms with E-state index in [1.54, 1.807) is 6.07 Å². The molecule has 1 atom stereocenters. The van der Waals surface area contributed by atoms with Gasteiger partial charge in [-0.1, -0.05) is 36.5 Å². The summed E-state index contributed by atoms with van der Waals surface area (Å²) in [7, 11) is 0. The van der Waals surface area contributed by atoms with Crippen molar-refractivity contribution in [3.05, 3.63) is 83.3 Å². The fourth-order valence-electron chi connectivity index (χ4n) is 3.14. The molecule has 22 heavy (non-hydrogen) atoms. The van der Waals surface area contributed by atoms with Crippen LogP contribution in [0, 0.1) is 11.7 Å². The van der Waals surface area contributed by atoms with E-state index >= 15 is 0 Å². The molecule has 0 bridgehead atoms. The molecule has 1 aromatic carbocycles. The summed E-state index contributed by atoms with van der Waals surface area (Å²) >= 11 is 0. The van der Waals surface area contributed by atoms with Gasteiger partial charge in [-0.15, -0.1) is 0 Å². The topological polar surface area (TPSA) is 29.1 Å². The quantitative estimate of drug-likeness (QED) is 0.773. The number of carbonyl (C=O) groups is 1. The molecule has 0 fully saturated rings. The molecule has 3 heteroatoms. The SMILES string of the molecule is O=C1Nc2ccc(F)cc2/C1=C/C1=CCC2C=CC=CC=C12. The van der Waals surface area contributed by atoms with E-state index < -0.39 is 0 Å². The van der Waals surface area contributed by atoms with Gasteiger partial charge in [-0.05, 0) is 41.8 Å². The lowest BCUT2D eigenvalue weighted by atomic mass is 9.95. The minimum atomic E-state index is -0.334. The van der Waals surface area contributed by atoms with Crippen molar-refractivity contribution < 1.29 is 9.18 Å². The number of carbonyl (C=O) groups excluding carboxylic acids is 1. The van der Waals surface area contributed by atoms with E-state index in [9.17, 15) is 9.18 Å². The Labute approximate surface area is 128 Å². The fourth-order valence-corrected chi connectivity index (χ4v) is 3.14. The summed E-state index contributed by atoms with van der Waals surface area (Å²) in [6, 6.07) is 4.37. The van der Waals surface area contributed by atoms with Crippen LogP contribution in [0.1, 0.15) is 12.0 Å². The summed E-state index contributed by atoms with van der Waals surface area (Å²) in [6.45, 7) is 0. The van der Waals surface area contributed by atoms with Crippen molar-refractivity contribution in [2.24, 2.45) is 5.92 Å². The molecule has 3 aliphatic rings. The van der Waals surface area contributed by atoms with Gasteiger partial charge in [0, 0.05) is 22.7 Å². The Balaban J connectivity index is 1.77. The van der Waals surface area contributed by atoms with E-state index in [1.807, 2.05) is 24.3 Å². The van der Waals surface area contributed by atoms with E-state index in [-0.39, 0.29) is 11.7 Å². The van der Waals surface area contributed by atoms with Crippen LogP contribution in [0.2, 0.25) is 0 Å². The maximum atomic E-state index is 13.5. The van der Waals surface area contributed by atoms with Crippen molar-refractivity contribution >= 4 is 17.2 Å². The molecule has 0 spiro atoms. The van der Waals surface area contributed by atoms with E-state index in [1.165, 1.54) is 17.7 Å². The van der Waals surface area contributed by atoms with Crippen molar-refractivity contribution in [1.82, 2.24) is 0 Å². The van der Waals surface area contributed by atoms with Crippen molar-refractivity contribution in [2.75, 3.05) is 5.32 Å². The van der Waals surface area contributed by atoms with E-state index in [0.717, 1.165) is 12.0 Å². The van der Waals surface area contributed by atoms with E-state index in [4.69, 9.17) is 0 Å². The minimum Gasteiger partial charge on any atom is -0.321 e. The monoisotopic (exact) mass is 291 g/mol. The number of halogens is 1. The molecule has 108 valence electrons. The van der Waals surface area contributed by atoms with Crippen LogP contribution in [-0.4, -0.2) is 5.91 Å². The average molecular weight is 291 g/mol. The number of fused-ring (bicyclic) bond motifs is 2. The molecule has 0 radical (unpaired) electrons. The fraction of sp³-hybridized carbons (Fsp3) is 0.105. The number of rotatable bonds is 1. The molecular weight excluding hydrogens is 277 g/mol. The molecular formula is C19H14FNO. The third-order valence-electron chi connectivity index (χ3n) is 4.23. The van der Waals surface area contributed by atoms with Gasteiger partial charge in [0.05, 0.1) is 0 Å². The number of hydrogen-bond acceptors (Lipinski definition) is 1. The predicted octanol–water partition coefficient (Wildman–Crippen LogP) is 4.16. The molecule has 1 amide bonds. The maximum absolute atomic E-state index is 13.5. The zero-order chi connectivity index (χ0) is 15.1. The molecule has 0 aromatic heterocycles. The number of benzene rings is 1. The summed E-state index contributed by atoms with van der Waals surface area (Å²) in [5, 5.41) is 2.78. The van der Waals surface area contributed by atoms with Gasteiger partial charge >= 0.3 is 0 Å². The first-order chi connectivity index (χ1) is 10.7. The second-order valence-electron chi connectivity index (χ2n) is 5.60. The third kappa shape index (κ3) is 2.06. The van der Waals surface area contributed by atoms with Crippen LogP contribution in [0.3, 0.4) is 0 Å². The highest BCUT2D eigenvalue weighted by atomic mass is 19.1. The molecule has 2 aliphatic carbocycles. The van der Waals surface area contributed by atoms with E-state index in [2.05, 4.69) is 23.5 Å². The lowest BCUT2D eigenvalue weighted by molar-refractivity contribution is -0.110. The van der Waals surface area contributed by atoms with Gasteiger partial charge in [0.25, 0.3) is 5.91 Å². The summed E-state index contributed by atoms with van der Waals surface area (Å²) < 4.78 is 13.5. The number of amides is 1. The second-order valence-corrected chi connectivity index (χ2v) is 5.60. The van der Waals surface area contributed by atoms with Crippen LogP contribution in [0.4, 0.5) is 10.1 Å². The molecule has 1 aliphatic heterocycles. The van der Waals surface area contributed by atoms with Crippen LogP contribution >= 0.6 is 0 Å². The normalized spacial score (nSPS) is 23.8. The maximum Gasteiger partial charge on any atom is 0.256 e. The van der Waals surface area contributed by atoms with Crippen molar-refractivity contribution in [2.45, 2.75) is 6.42 Å². The Kier molecular flexibility index (Phi) is 2.93. The molecule has 1 heterocycles. The summed E-state index contributed by atoms with van der Waals surface area (Å²) in [5.74, 6) is -0.150. The van der Waals surface area contributed by atoms with Crippen molar-refractivity contribution in [3.8, 4) is 0 Å². The van der Waals surface area contributed by atoms with Crippen LogP contribution in [0.5, 0.6) is 0 Å². The van der Waals surface area contributed by atoms with Gasteiger partial charge in [0.1, 0.15) is 5.82 Å². The van der Waals surface area contributed by atoms with Gasteiger partial charge < -0.3 is 5.32 Å². The smallest absolute Gasteiger partial charge is 0.256 e. The minimum absolute atomic E-state index is 0.176. The molecule has 4 rings (SSSR count). The molecule has 1 N–H and O–H groups in total. The first-order valence-electron chi connectivity index (χ1n) is 7.31. The number of allylic oxidation sites excluding steroid dienone is 9. The Bertz CT molecular complexity index is 824. The van der Waals surface area contributed by atoms with Crippen molar-refractivity contribution in [3.63, 3.8) is 0 Å². The summed E-state index contributed by atoms with van der Waals surface area (Å²) in [5.41, 5.74) is 4.08. The Morgan fingerprint density at radius 1 is 1.23 bits per heavy atom. The van der Waals surface area contributed by atoms with Crippen molar-refractivity contribution in [1.29, 1.82) is 0 Å². The summed E-state index contributed by atoms with van der Waals surface area (Å²) in [4.78, 5) is 12.2. The zero-order valence-electron chi connectivity index (χ0n) is 11.8. The molecule has 0 saturated carbocycles. The van der Waals surface area contributed by atoms with Crippen LogP contribution < -0.4 is 5.32 Å². The number of nitrogens with one attached hydrogen (secondary N) is 1. The highest BCUT2D eigenvalue weighted by Gasteiger charge is 2.27. The Morgan fingerprint density at radius 2 is 2.14 bits per heavy atom. The average Bonchev–Trinajstić information content (AvgIpc) is 2.91. The Hall–Kier alpha value is -2.68. The second kappa shape index (κ2) is 4.95. The zero-order valence-corrected chi connectivity index (χ0v) is 11.8. The standard InChI is InChI=1S/C19H14FNO/c20-14-8-9-18-16(11-14)17(19(22)21-18)10-13-7-6-12-4-2-1-3-5-15(12)13/h1-5,7-12H,6H2,(H,21,22)/b17-10-. The van der Waals surface area contributed by atoms with Crippen LogP contribution in [0.25, 0.3) is 5.57 Å².